The van der Waals surface area contributed by atoms with Crippen LogP contribution in [0.5, 0.6) is 11.5 Å². The summed E-state index contributed by atoms with van der Waals surface area (Å²) in [6.45, 7) is 2.45. The monoisotopic (exact) mass is 348 g/mol. The van der Waals surface area contributed by atoms with Crippen LogP contribution in [0.4, 0.5) is 0 Å². The molecule has 23 heavy (non-hydrogen) atoms. The molecule has 0 radical (unpaired) electrons. The zero-order valence-electron chi connectivity index (χ0n) is 12.8. The van der Waals surface area contributed by atoms with E-state index < -0.39 is 0 Å². The molecule has 0 saturated heterocycles. The molecule has 0 saturated carbocycles. The molecule has 2 aromatic heterocycles. The van der Waals surface area contributed by atoms with E-state index >= 15 is 0 Å². The van der Waals surface area contributed by atoms with Gasteiger partial charge >= 0.3 is 0 Å². The molecule has 0 amide bonds. The van der Waals surface area contributed by atoms with Gasteiger partial charge < -0.3 is 14.5 Å². The van der Waals surface area contributed by atoms with Gasteiger partial charge in [0.1, 0.15) is 16.3 Å². The van der Waals surface area contributed by atoms with Crippen molar-refractivity contribution in [2.24, 2.45) is 0 Å². The average molecular weight is 348 g/mol. The van der Waals surface area contributed by atoms with E-state index in [0.29, 0.717) is 22.9 Å². The third-order valence-corrected chi connectivity index (χ3v) is 5.08. The molecule has 1 aromatic carbocycles. The average Bonchev–Trinajstić information content (AvgIpc) is 2.94. The topological polar surface area (TPSA) is 64.2 Å². The number of hydrogen-bond acceptors (Lipinski definition) is 6. The number of aromatic amines is 1. The fraction of sp³-hybridized carbons (Fsp3) is 0.250. The van der Waals surface area contributed by atoms with E-state index in [4.69, 9.17) is 9.47 Å². The van der Waals surface area contributed by atoms with Crippen LogP contribution < -0.4 is 15.0 Å². The smallest absolute Gasteiger partial charge is 0.260 e. The van der Waals surface area contributed by atoms with E-state index in [2.05, 4.69) is 9.97 Å². The summed E-state index contributed by atoms with van der Waals surface area (Å²) in [5.41, 5.74) is 0.894. The third-order valence-electron chi connectivity index (χ3n) is 3.26. The molecule has 0 spiro atoms. The van der Waals surface area contributed by atoms with Crippen molar-refractivity contribution >= 4 is 33.3 Å². The van der Waals surface area contributed by atoms with Crippen LogP contribution in [0.3, 0.4) is 0 Å². The first-order valence-corrected chi connectivity index (χ1v) is 8.91. The molecule has 120 valence electrons. The number of hydrogen-bond donors (Lipinski definition) is 1. The van der Waals surface area contributed by atoms with E-state index in [1.807, 2.05) is 36.6 Å². The number of nitrogens with zero attached hydrogens (tertiary/aromatic N) is 1. The van der Waals surface area contributed by atoms with Crippen LogP contribution >= 0.6 is 23.1 Å². The molecular weight excluding hydrogens is 332 g/mol. The van der Waals surface area contributed by atoms with Crippen molar-refractivity contribution in [1.29, 1.82) is 0 Å². The second-order valence-electron chi connectivity index (χ2n) is 4.84. The molecule has 1 N–H and O–H groups in total. The lowest BCUT2D eigenvalue weighted by Crippen LogP contribution is -2.09. The molecule has 0 unspecified atom stereocenters. The Morgan fingerprint density at radius 1 is 1.26 bits per heavy atom. The van der Waals surface area contributed by atoms with Crippen LogP contribution in [-0.2, 0) is 0 Å². The molecule has 5 nitrogen and oxygen atoms in total. The lowest BCUT2D eigenvalue weighted by atomic mass is 10.3. The van der Waals surface area contributed by atoms with Gasteiger partial charge in [-0.05, 0) is 42.1 Å². The van der Waals surface area contributed by atoms with Crippen LogP contribution in [0.1, 0.15) is 5.56 Å². The number of benzene rings is 1. The number of thiophene rings is 1. The van der Waals surface area contributed by atoms with Crippen molar-refractivity contribution in [2.75, 3.05) is 19.5 Å². The second kappa shape index (κ2) is 7.06. The number of methoxy groups -OCH3 is 1. The van der Waals surface area contributed by atoms with Gasteiger partial charge in [-0.25, -0.2) is 4.98 Å². The number of rotatable bonds is 6. The highest BCUT2D eigenvalue weighted by molar-refractivity contribution is 7.99. The number of thioether (sulfide) groups is 1. The van der Waals surface area contributed by atoms with Gasteiger partial charge in [0.15, 0.2) is 5.16 Å². The summed E-state index contributed by atoms with van der Waals surface area (Å²) in [5, 5.41) is 3.27. The summed E-state index contributed by atoms with van der Waals surface area (Å²) in [5.74, 6) is 2.29. The number of nitrogens with one attached hydrogen (secondary N) is 1. The van der Waals surface area contributed by atoms with Crippen LogP contribution in [-0.4, -0.2) is 29.4 Å². The quantitative estimate of drug-likeness (QED) is 0.420. The Hall–Kier alpha value is -1.99. The predicted molar refractivity (Wildman–Crippen MR) is 94.2 cm³/mol. The highest BCUT2D eigenvalue weighted by Crippen LogP contribution is 2.22. The van der Waals surface area contributed by atoms with Gasteiger partial charge in [-0.1, -0.05) is 11.8 Å². The largest absolute Gasteiger partial charge is 0.497 e. The van der Waals surface area contributed by atoms with Crippen molar-refractivity contribution in [3.8, 4) is 11.5 Å². The van der Waals surface area contributed by atoms with E-state index in [0.717, 1.165) is 21.9 Å². The lowest BCUT2D eigenvalue weighted by molar-refractivity contribution is 0.342. The van der Waals surface area contributed by atoms with Crippen LogP contribution in [0, 0.1) is 6.92 Å². The molecule has 3 rings (SSSR count). The summed E-state index contributed by atoms with van der Waals surface area (Å²) in [4.78, 5) is 20.1. The van der Waals surface area contributed by atoms with Gasteiger partial charge in [-0.15, -0.1) is 11.3 Å². The molecule has 7 heteroatoms. The molecule has 0 aliphatic heterocycles. The first-order valence-electron chi connectivity index (χ1n) is 7.05. The Kier molecular flexibility index (Phi) is 4.88. The van der Waals surface area contributed by atoms with Gasteiger partial charge in [-0.2, -0.15) is 0 Å². The minimum Gasteiger partial charge on any atom is -0.497 e. The molecule has 0 bridgehead atoms. The van der Waals surface area contributed by atoms with Gasteiger partial charge in [0.05, 0.1) is 19.1 Å². The predicted octanol–water partition coefficient (Wildman–Crippen LogP) is 3.47. The number of ether oxygens (including phenoxy) is 2. The van der Waals surface area contributed by atoms with Gasteiger partial charge in [-0.3, -0.25) is 4.79 Å². The van der Waals surface area contributed by atoms with Gasteiger partial charge in [0.25, 0.3) is 5.56 Å². The summed E-state index contributed by atoms with van der Waals surface area (Å²) in [6, 6.07) is 7.44. The second-order valence-corrected chi connectivity index (χ2v) is 6.78. The summed E-state index contributed by atoms with van der Waals surface area (Å²) < 4.78 is 10.8. The van der Waals surface area contributed by atoms with E-state index in [1.165, 1.54) is 23.1 Å². The number of aromatic nitrogens is 2. The molecule has 0 fully saturated rings. The first-order chi connectivity index (χ1) is 11.2. The maximum atomic E-state index is 12.1. The Morgan fingerprint density at radius 3 is 2.74 bits per heavy atom. The Bertz CT molecular complexity index is 856. The summed E-state index contributed by atoms with van der Waals surface area (Å²) in [7, 11) is 1.63. The van der Waals surface area contributed by atoms with Gasteiger partial charge in [0.2, 0.25) is 0 Å². The lowest BCUT2D eigenvalue weighted by Gasteiger charge is -2.06. The van der Waals surface area contributed by atoms with E-state index in [1.54, 1.807) is 7.11 Å². The van der Waals surface area contributed by atoms with E-state index in [9.17, 15) is 4.79 Å². The number of H-pyrrole nitrogens is 1. The zero-order chi connectivity index (χ0) is 16.2. The molecule has 3 aromatic rings. The maximum absolute atomic E-state index is 12.1. The van der Waals surface area contributed by atoms with Crippen molar-refractivity contribution < 1.29 is 9.47 Å². The molecule has 0 aliphatic carbocycles. The van der Waals surface area contributed by atoms with E-state index in [-0.39, 0.29) is 5.56 Å². The molecular formula is C16H16N2O3S2. The zero-order valence-corrected chi connectivity index (χ0v) is 14.4. The summed E-state index contributed by atoms with van der Waals surface area (Å²) in [6.07, 6.45) is 0. The molecule has 0 aliphatic rings. The fourth-order valence-electron chi connectivity index (χ4n) is 2.11. The Labute approximate surface area is 141 Å². The highest BCUT2D eigenvalue weighted by Gasteiger charge is 2.08. The van der Waals surface area contributed by atoms with Crippen LogP contribution in [0.15, 0.2) is 39.6 Å². The number of aryl methyl sites for hydroxylation is 1. The maximum Gasteiger partial charge on any atom is 0.260 e. The van der Waals surface area contributed by atoms with Crippen LogP contribution in [0.25, 0.3) is 10.2 Å². The Balaban J connectivity index is 1.57. The van der Waals surface area contributed by atoms with Crippen LogP contribution in [0.2, 0.25) is 0 Å². The van der Waals surface area contributed by atoms with Crippen molar-refractivity contribution in [3.63, 3.8) is 0 Å². The third kappa shape index (κ3) is 3.68. The summed E-state index contributed by atoms with van der Waals surface area (Å²) >= 11 is 2.97. The normalized spacial score (nSPS) is 10.9. The van der Waals surface area contributed by atoms with Gasteiger partial charge in [0, 0.05) is 5.75 Å². The highest BCUT2D eigenvalue weighted by atomic mass is 32.2. The van der Waals surface area contributed by atoms with Crippen molar-refractivity contribution in [2.45, 2.75) is 12.1 Å². The standard InChI is InChI=1S/C16H16N2O3S2/c1-10-9-23-15-13(10)14(19)17-16(18-15)22-8-7-21-12-5-3-11(20-2)4-6-12/h3-6,9H,7-8H2,1-2H3,(H,17,18,19). The van der Waals surface area contributed by atoms with Crippen molar-refractivity contribution in [3.05, 3.63) is 45.6 Å². The Morgan fingerprint density at radius 2 is 2.00 bits per heavy atom. The first kappa shape index (κ1) is 15.9. The molecule has 0 atom stereocenters. The molecule has 2 heterocycles. The van der Waals surface area contributed by atoms with Crippen molar-refractivity contribution in [1.82, 2.24) is 9.97 Å². The number of fused-ring (bicyclic) bond motifs is 1. The minimum atomic E-state index is -0.0766. The minimum absolute atomic E-state index is 0.0766. The fourth-order valence-corrected chi connectivity index (χ4v) is 3.77. The SMILES string of the molecule is COc1ccc(OCCSc2nc3scc(C)c3c(=O)[nH]2)cc1.